The van der Waals surface area contributed by atoms with Crippen molar-refractivity contribution < 1.29 is 14.6 Å². The first kappa shape index (κ1) is 26.4. The monoisotopic (exact) mass is 577 g/mol. The van der Waals surface area contributed by atoms with Crippen molar-refractivity contribution >= 4 is 21.8 Å². The molecule has 1 atom stereocenters. The van der Waals surface area contributed by atoms with Gasteiger partial charge >= 0.3 is 0 Å². The number of para-hydroxylation sites is 1. The molecule has 1 fully saturated rings. The van der Waals surface area contributed by atoms with Gasteiger partial charge in [0.1, 0.15) is 17.9 Å². The molecule has 3 heterocycles. The van der Waals surface area contributed by atoms with Crippen LogP contribution in [0.5, 0.6) is 5.75 Å². The third kappa shape index (κ3) is 5.93. The Hall–Kier alpha value is -3.19. The van der Waals surface area contributed by atoms with Gasteiger partial charge in [-0.25, -0.2) is 0 Å². The fourth-order valence-corrected chi connectivity index (χ4v) is 5.62. The summed E-state index contributed by atoms with van der Waals surface area (Å²) in [6.45, 7) is 5.42. The molecule has 5 rings (SSSR count). The van der Waals surface area contributed by atoms with Crippen LogP contribution in [-0.2, 0) is 24.3 Å². The van der Waals surface area contributed by atoms with Crippen LogP contribution in [0.25, 0.3) is 11.3 Å². The maximum absolute atomic E-state index is 12.1. The highest BCUT2D eigenvalue weighted by molar-refractivity contribution is 9.10. The summed E-state index contributed by atoms with van der Waals surface area (Å²) in [5.41, 5.74) is 4.60. The molecule has 198 valence electrons. The molecule has 2 aliphatic rings. The molecule has 1 N–H and O–H groups in total. The van der Waals surface area contributed by atoms with Gasteiger partial charge in [-0.3, -0.25) is 9.48 Å². The van der Waals surface area contributed by atoms with Gasteiger partial charge in [0, 0.05) is 67.4 Å². The third-order valence-electron chi connectivity index (χ3n) is 7.39. The Bertz CT molecular complexity index is 1320. The lowest BCUT2D eigenvalue weighted by Gasteiger charge is -2.33. The van der Waals surface area contributed by atoms with Crippen molar-refractivity contribution in [3.8, 4) is 23.1 Å². The van der Waals surface area contributed by atoms with Gasteiger partial charge in [0.05, 0.1) is 23.9 Å². The number of nitriles is 1. The largest absolute Gasteiger partial charge is 0.489 e. The maximum atomic E-state index is 12.1. The quantitative estimate of drug-likeness (QED) is 0.456. The SMILES string of the molecule is CC(=O)N1CCc2c(c(-c3ccc(Br)cc3)nn2CC(O)CN2CCC(Oc3ccccc3C#N)CC2)C1. The normalized spacial score (nSPS) is 17.1. The molecule has 2 aromatic carbocycles. The van der Waals surface area contributed by atoms with E-state index in [0.717, 1.165) is 59.3 Å². The minimum absolute atomic E-state index is 0.0636. The highest BCUT2D eigenvalue weighted by Crippen LogP contribution is 2.31. The average molecular weight is 579 g/mol. The summed E-state index contributed by atoms with van der Waals surface area (Å²) in [5, 5.41) is 25.3. The van der Waals surface area contributed by atoms with E-state index in [0.29, 0.717) is 37.5 Å². The zero-order valence-electron chi connectivity index (χ0n) is 21.5. The topological polar surface area (TPSA) is 94.6 Å². The van der Waals surface area contributed by atoms with Gasteiger partial charge in [-0.2, -0.15) is 10.4 Å². The standard InChI is InChI=1S/C29H32BrN5O3/c1-20(36)34-15-12-27-26(19-34)29(21-6-8-23(30)9-7-21)32-35(27)18-24(37)17-33-13-10-25(11-14-33)38-28-5-3-2-4-22(28)16-31/h2-9,24-25,37H,10-15,17-19H2,1H3. The molecule has 0 saturated carbocycles. The van der Waals surface area contributed by atoms with Crippen molar-refractivity contribution in [1.29, 1.82) is 5.26 Å². The number of rotatable bonds is 7. The Kier molecular flexibility index (Phi) is 8.12. The van der Waals surface area contributed by atoms with Crippen LogP contribution < -0.4 is 4.74 Å². The number of amides is 1. The number of fused-ring (bicyclic) bond motifs is 1. The number of aliphatic hydroxyl groups excluding tert-OH is 1. The second-order valence-electron chi connectivity index (χ2n) is 10.0. The van der Waals surface area contributed by atoms with Crippen molar-refractivity contribution in [2.45, 2.75) is 51.5 Å². The number of piperidine rings is 1. The van der Waals surface area contributed by atoms with E-state index in [1.54, 1.807) is 13.0 Å². The van der Waals surface area contributed by atoms with Crippen LogP contribution in [0.4, 0.5) is 0 Å². The molecular weight excluding hydrogens is 546 g/mol. The first-order valence-corrected chi connectivity index (χ1v) is 13.9. The highest BCUT2D eigenvalue weighted by atomic mass is 79.9. The molecule has 1 unspecified atom stereocenters. The number of β-amino-alcohol motifs (C(OH)–C–C–N with tert-alkyl or cyclic N) is 1. The number of likely N-dealkylation sites (tertiary alicyclic amines) is 1. The van der Waals surface area contributed by atoms with Crippen LogP contribution in [0.2, 0.25) is 0 Å². The number of hydrogen-bond acceptors (Lipinski definition) is 6. The molecule has 8 nitrogen and oxygen atoms in total. The molecular formula is C29H32BrN5O3. The number of nitrogens with zero attached hydrogens (tertiary/aromatic N) is 5. The minimum Gasteiger partial charge on any atom is -0.489 e. The number of carbonyl (C=O) groups is 1. The Balaban J connectivity index is 1.23. The number of benzene rings is 2. The van der Waals surface area contributed by atoms with Crippen LogP contribution in [0.3, 0.4) is 0 Å². The van der Waals surface area contributed by atoms with E-state index in [-0.39, 0.29) is 12.0 Å². The van der Waals surface area contributed by atoms with Gasteiger partial charge in [-0.05, 0) is 37.1 Å². The summed E-state index contributed by atoms with van der Waals surface area (Å²) in [4.78, 5) is 16.2. The lowest BCUT2D eigenvalue weighted by atomic mass is 10.0. The van der Waals surface area contributed by atoms with E-state index in [1.807, 2.05) is 52.0 Å². The molecule has 38 heavy (non-hydrogen) atoms. The van der Waals surface area contributed by atoms with Crippen molar-refractivity contribution in [1.82, 2.24) is 19.6 Å². The Morgan fingerprint density at radius 3 is 2.61 bits per heavy atom. The van der Waals surface area contributed by atoms with Crippen molar-refractivity contribution in [3.05, 3.63) is 69.8 Å². The highest BCUT2D eigenvalue weighted by Gasteiger charge is 2.28. The number of hydrogen-bond donors (Lipinski definition) is 1. The number of aromatic nitrogens is 2. The van der Waals surface area contributed by atoms with Crippen molar-refractivity contribution in [2.24, 2.45) is 0 Å². The number of ether oxygens (including phenoxy) is 1. The fourth-order valence-electron chi connectivity index (χ4n) is 5.36. The van der Waals surface area contributed by atoms with E-state index in [1.165, 1.54) is 0 Å². The summed E-state index contributed by atoms with van der Waals surface area (Å²) in [7, 11) is 0. The summed E-state index contributed by atoms with van der Waals surface area (Å²) in [6.07, 6.45) is 1.90. The molecule has 1 amide bonds. The van der Waals surface area contributed by atoms with E-state index in [9.17, 15) is 15.2 Å². The fraction of sp³-hybridized carbons (Fsp3) is 0.414. The van der Waals surface area contributed by atoms with Gasteiger partial charge in [-0.15, -0.1) is 0 Å². The zero-order valence-corrected chi connectivity index (χ0v) is 23.1. The van der Waals surface area contributed by atoms with E-state index in [4.69, 9.17) is 9.84 Å². The van der Waals surface area contributed by atoms with Crippen LogP contribution >= 0.6 is 15.9 Å². The van der Waals surface area contributed by atoms with Gasteiger partial charge < -0.3 is 19.6 Å². The van der Waals surface area contributed by atoms with Crippen LogP contribution in [0, 0.1) is 11.3 Å². The molecule has 1 saturated heterocycles. The second kappa shape index (κ2) is 11.7. The zero-order chi connectivity index (χ0) is 26.6. The molecule has 0 radical (unpaired) electrons. The van der Waals surface area contributed by atoms with Crippen LogP contribution in [0.1, 0.15) is 36.6 Å². The average Bonchev–Trinajstić information content (AvgIpc) is 3.27. The minimum atomic E-state index is -0.570. The first-order valence-electron chi connectivity index (χ1n) is 13.1. The second-order valence-corrected chi connectivity index (χ2v) is 10.9. The third-order valence-corrected chi connectivity index (χ3v) is 7.91. The molecule has 0 spiro atoms. The van der Waals surface area contributed by atoms with Gasteiger partial charge in [0.2, 0.25) is 5.91 Å². The van der Waals surface area contributed by atoms with Crippen molar-refractivity contribution in [2.75, 3.05) is 26.2 Å². The molecule has 3 aromatic rings. The molecule has 2 aliphatic heterocycles. The summed E-state index contributed by atoms with van der Waals surface area (Å²) in [6, 6.07) is 17.6. The van der Waals surface area contributed by atoms with E-state index >= 15 is 0 Å². The molecule has 9 heteroatoms. The maximum Gasteiger partial charge on any atom is 0.219 e. The van der Waals surface area contributed by atoms with Gasteiger partial charge in [0.15, 0.2) is 0 Å². The Labute approximate surface area is 231 Å². The number of halogens is 1. The van der Waals surface area contributed by atoms with Gasteiger partial charge in [-0.1, -0.05) is 40.2 Å². The first-order chi connectivity index (χ1) is 18.4. The van der Waals surface area contributed by atoms with Crippen molar-refractivity contribution in [3.63, 3.8) is 0 Å². The van der Waals surface area contributed by atoms with Crippen LogP contribution in [0.15, 0.2) is 53.0 Å². The Morgan fingerprint density at radius 2 is 1.89 bits per heavy atom. The molecule has 0 bridgehead atoms. The molecule has 1 aromatic heterocycles. The summed E-state index contributed by atoms with van der Waals surface area (Å²) < 4.78 is 9.06. The molecule has 0 aliphatic carbocycles. The predicted molar refractivity (Wildman–Crippen MR) is 147 cm³/mol. The smallest absolute Gasteiger partial charge is 0.219 e. The lowest BCUT2D eigenvalue weighted by molar-refractivity contribution is -0.129. The lowest BCUT2D eigenvalue weighted by Crippen LogP contribution is -2.43. The predicted octanol–water partition coefficient (Wildman–Crippen LogP) is 3.99. The van der Waals surface area contributed by atoms with E-state index < -0.39 is 6.10 Å². The van der Waals surface area contributed by atoms with E-state index in [2.05, 4.69) is 26.9 Å². The van der Waals surface area contributed by atoms with Gasteiger partial charge in [0.25, 0.3) is 0 Å². The summed E-state index contributed by atoms with van der Waals surface area (Å²) in [5.74, 6) is 0.704. The number of aliphatic hydroxyl groups is 1. The summed E-state index contributed by atoms with van der Waals surface area (Å²) >= 11 is 3.50. The number of carbonyl (C=O) groups excluding carboxylic acids is 1. The van der Waals surface area contributed by atoms with Crippen LogP contribution in [-0.4, -0.2) is 69.0 Å². The Morgan fingerprint density at radius 1 is 1.16 bits per heavy atom.